The van der Waals surface area contributed by atoms with Crippen LogP contribution in [-0.2, 0) is 11.3 Å². The largest absolute Gasteiger partial charge is 0.360 e. The second-order valence-corrected chi connectivity index (χ2v) is 7.91. The summed E-state index contributed by atoms with van der Waals surface area (Å²) in [5.74, 6) is -0.0248. The van der Waals surface area contributed by atoms with E-state index < -0.39 is 0 Å². The molecule has 2 aromatic rings. The van der Waals surface area contributed by atoms with Gasteiger partial charge in [0.15, 0.2) is 4.34 Å². The van der Waals surface area contributed by atoms with E-state index in [4.69, 9.17) is 11.6 Å². The molecule has 0 aliphatic carbocycles. The Kier molecular flexibility index (Phi) is 7.14. The lowest BCUT2D eigenvalue weighted by atomic mass is 10.2. The molecule has 23 heavy (non-hydrogen) atoms. The fourth-order valence-corrected chi connectivity index (χ4v) is 3.77. The zero-order valence-electron chi connectivity index (χ0n) is 13.0. The standard InChI is InChI=1S/C15H19ClN4OS2/c1-3-8-17-14-19-20-15(23-14)22-10(2)13(21)18-9-11-4-6-12(16)7-5-11/h4-7,10H,3,8-9H2,1-2H3,(H,17,19)(H,18,21). The fraction of sp³-hybridized carbons (Fsp3) is 0.400. The number of benzene rings is 1. The molecule has 0 spiro atoms. The monoisotopic (exact) mass is 370 g/mol. The molecule has 1 aromatic carbocycles. The molecule has 124 valence electrons. The SMILES string of the molecule is CCCNc1nnc(SC(C)C(=O)NCc2ccc(Cl)cc2)s1. The van der Waals surface area contributed by atoms with Crippen molar-refractivity contribution in [3.63, 3.8) is 0 Å². The van der Waals surface area contributed by atoms with E-state index in [0.29, 0.717) is 11.6 Å². The van der Waals surface area contributed by atoms with E-state index in [-0.39, 0.29) is 11.2 Å². The first-order chi connectivity index (χ1) is 11.1. The smallest absolute Gasteiger partial charge is 0.233 e. The summed E-state index contributed by atoms with van der Waals surface area (Å²) in [4.78, 5) is 12.1. The minimum absolute atomic E-state index is 0.0248. The first-order valence-corrected chi connectivity index (χ1v) is 9.42. The first-order valence-electron chi connectivity index (χ1n) is 7.34. The summed E-state index contributed by atoms with van der Waals surface area (Å²) in [5, 5.41) is 15.5. The third-order valence-corrected chi connectivity index (χ3v) is 5.28. The summed E-state index contributed by atoms with van der Waals surface area (Å²) in [7, 11) is 0. The lowest BCUT2D eigenvalue weighted by Gasteiger charge is -2.10. The van der Waals surface area contributed by atoms with Crippen molar-refractivity contribution in [2.75, 3.05) is 11.9 Å². The van der Waals surface area contributed by atoms with Crippen LogP contribution in [0.15, 0.2) is 28.6 Å². The number of carbonyl (C=O) groups is 1. The van der Waals surface area contributed by atoms with Gasteiger partial charge in [-0.15, -0.1) is 10.2 Å². The van der Waals surface area contributed by atoms with Gasteiger partial charge in [0.05, 0.1) is 5.25 Å². The van der Waals surface area contributed by atoms with Gasteiger partial charge >= 0.3 is 0 Å². The molecule has 1 aromatic heterocycles. The van der Waals surface area contributed by atoms with Gasteiger partial charge in [-0.2, -0.15) is 0 Å². The van der Waals surface area contributed by atoms with Gasteiger partial charge in [0.2, 0.25) is 11.0 Å². The molecule has 0 saturated carbocycles. The number of thioether (sulfide) groups is 1. The number of carbonyl (C=O) groups excluding carboxylic acids is 1. The maximum Gasteiger partial charge on any atom is 0.233 e. The number of hydrogen-bond acceptors (Lipinski definition) is 6. The summed E-state index contributed by atoms with van der Waals surface area (Å²) >= 11 is 8.73. The number of aromatic nitrogens is 2. The average molecular weight is 371 g/mol. The van der Waals surface area contributed by atoms with Crippen LogP contribution in [0.1, 0.15) is 25.8 Å². The van der Waals surface area contributed by atoms with Crippen molar-refractivity contribution in [3.05, 3.63) is 34.9 Å². The van der Waals surface area contributed by atoms with E-state index in [0.717, 1.165) is 28.0 Å². The van der Waals surface area contributed by atoms with Crippen molar-refractivity contribution in [1.82, 2.24) is 15.5 Å². The molecule has 0 saturated heterocycles. The Morgan fingerprint density at radius 2 is 2.09 bits per heavy atom. The topological polar surface area (TPSA) is 66.9 Å². The Balaban J connectivity index is 1.80. The van der Waals surface area contributed by atoms with Crippen LogP contribution in [0.2, 0.25) is 5.02 Å². The molecule has 2 N–H and O–H groups in total. The van der Waals surface area contributed by atoms with E-state index >= 15 is 0 Å². The number of nitrogens with zero attached hydrogens (tertiary/aromatic N) is 2. The number of amides is 1. The first kappa shape index (κ1) is 18.0. The van der Waals surface area contributed by atoms with Gasteiger partial charge in [0, 0.05) is 18.1 Å². The van der Waals surface area contributed by atoms with Gasteiger partial charge < -0.3 is 10.6 Å². The molecule has 2 rings (SSSR count). The van der Waals surface area contributed by atoms with Gasteiger partial charge in [-0.25, -0.2) is 0 Å². The second-order valence-electron chi connectivity index (χ2n) is 4.90. The van der Waals surface area contributed by atoms with Crippen molar-refractivity contribution < 1.29 is 4.79 Å². The number of hydrogen-bond donors (Lipinski definition) is 2. The molecular formula is C15H19ClN4OS2. The Bertz CT molecular complexity index is 633. The minimum atomic E-state index is -0.228. The molecule has 0 aliphatic rings. The van der Waals surface area contributed by atoms with Gasteiger partial charge in [0.25, 0.3) is 0 Å². The normalized spacial score (nSPS) is 12.0. The molecule has 0 fully saturated rings. The van der Waals surface area contributed by atoms with Crippen LogP contribution in [0.5, 0.6) is 0 Å². The van der Waals surface area contributed by atoms with Gasteiger partial charge in [-0.1, -0.05) is 53.8 Å². The van der Waals surface area contributed by atoms with Gasteiger partial charge in [-0.3, -0.25) is 4.79 Å². The van der Waals surface area contributed by atoms with E-state index in [2.05, 4.69) is 27.8 Å². The Morgan fingerprint density at radius 3 is 2.78 bits per heavy atom. The fourth-order valence-electron chi connectivity index (χ4n) is 1.70. The highest BCUT2D eigenvalue weighted by Crippen LogP contribution is 2.28. The lowest BCUT2D eigenvalue weighted by Crippen LogP contribution is -2.30. The second kappa shape index (κ2) is 9.10. The van der Waals surface area contributed by atoms with E-state index in [1.54, 1.807) is 0 Å². The quantitative estimate of drug-likeness (QED) is 0.691. The van der Waals surface area contributed by atoms with Crippen molar-refractivity contribution in [1.29, 1.82) is 0 Å². The Hall–Kier alpha value is -1.31. The van der Waals surface area contributed by atoms with Crippen LogP contribution < -0.4 is 10.6 Å². The van der Waals surface area contributed by atoms with E-state index in [1.807, 2.05) is 31.2 Å². The summed E-state index contributed by atoms with van der Waals surface area (Å²) < 4.78 is 0.790. The third kappa shape index (κ3) is 6.01. The molecule has 0 aliphatic heterocycles. The van der Waals surface area contributed by atoms with Crippen LogP contribution >= 0.6 is 34.7 Å². The van der Waals surface area contributed by atoms with E-state index in [9.17, 15) is 4.79 Å². The molecule has 8 heteroatoms. The van der Waals surface area contributed by atoms with Crippen LogP contribution in [0.3, 0.4) is 0 Å². The van der Waals surface area contributed by atoms with Crippen LogP contribution in [0.25, 0.3) is 0 Å². The molecule has 1 atom stereocenters. The highest BCUT2D eigenvalue weighted by molar-refractivity contribution is 8.02. The average Bonchev–Trinajstić information content (AvgIpc) is 2.99. The number of halogens is 1. The molecule has 1 amide bonds. The van der Waals surface area contributed by atoms with E-state index in [1.165, 1.54) is 23.1 Å². The number of anilines is 1. The van der Waals surface area contributed by atoms with Crippen LogP contribution in [0.4, 0.5) is 5.13 Å². The third-order valence-electron chi connectivity index (χ3n) is 2.96. The van der Waals surface area contributed by atoms with Crippen molar-refractivity contribution in [2.24, 2.45) is 0 Å². The highest BCUT2D eigenvalue weighted by Gasteiger charge is 2.16. The van der Waals surface area contributed by atoms with Crippen molar-refractivity contribution >= 4 is 45.7 Å². The molecule has 0 radical (unpaired) electrons. The number of rotatable bonds is 8. The predicted octanol–water partition coefficient (Wildman–Crippen LogP) is 3.81. The summed E-state index contributed by atoms with van der Waals surface area (Å²) in [5.41, 5.74) is 1.02. The van der Waals surface area contributed by atoms with Gasteiger partial charge in [0.1, 0.15) is 0 Å². The zero-order chi connectivity index (χ0) is 16.7. The molecule has 1 heterocycles. The molecule has 5 nitrogen and oxygen atoms in total. The van der Waals surface area contributed by atoms with Crippen LogP contribution in [0, 0.1) is 0 Å². The summed E-state index contributed by atoms with van der Waals surface area (Å²) in [6.45, 7) is 5.32. The van der Waals surface area contributed by atoms with Crippen LogP contribution in [-0.4, -0.2) is 27.9 Å². The maximum absolute atomic E-state index is 12.1. The maximum atomic E-state index is 12.1. The predicted molar refractivity (Wildman–Crippen MR) is 97.3 cm³/mol. The highest BCUT2D eigenvalue weighted by atomic mass is 35.5. The minimum Gasteiger partial charge on any atom is -0.360 e. The lowest BCUT2D eigenvalue weighted by molar-refractivity contribution is -0.120. The van der Waals surface area contributed by atoms with Crippen molar-refractivity contribution in [2.45, 2.75) is 36.4 Å². The van der Waals surface area contributed by atoms with Crippen molar-refractivity contribution in [3.8, 4) is 0 Å². The summed E-state index contributed by atoms with van der Waals surface area (Å²) in [6.07, 6.45) is 1.03. The van der Waals surface area contributed by atoms with Gasteiger partial charge in [-0.05, 0) is 31.0 Å². The Labute approximate surface area is 149 Å². The molecule has 0 bridgehead atoms. The zero-order valence-corrected chi connectivity index (χ0v) is 15.4. The molecular weight excluding hydrogens is 352 g/mol. The Morgan fingerprint density at radius 1 is 1.35 bits per heavy atom. The molecule has 1 unspecified atom stereocenters. The summed E-state index contributed by atoms with van der Waals surface area (Å²) in [6, 6.07) is 7.42. The number of nitrogens with one attached hydrogen (secondary N) is 2.